The third-order valence-electron chi connectivity index (χ3n) is 2.56. The van der Waals surface area contributed by atoms with Crippen LogP contribution >= 0.6 is 23.2 Å². The third kappa shape index (κ3) is 3.35. The maximum Gasteiger partial charge on any atom is 0.240 e. The highest BCUT2D eigenvalue weighted by molar-refractivity contribution is 6.36. The van der Waals surface area contributed by atoms with Gasteiger partial charge in [-0.25, -0.2) is 0 Å². The molecule has 0 aliphatic heterocycles. The molecule has 0 aliphatic carbocycles. The molecule has 0 aliphatic rings. The van der Waals surface area contributed by atoms with Crippen LogP contribution in [0.3, 0.4) is 0 Å². The number of pyridine rings is 1. The van der Waals surface area contributed by atoms with Crippen molar-refractivity contribution in [2.24, 2.45) is 0 Å². The first-order valence-electron chi connectivity index (χ1n) is 6.33. The molecule has 0 amide bonds. The minimum absolute atomic E-state index is 0.262. The van der Waals surface area contributed by atoms with E-state index >= 15 is 0 Å². The van der Waals surface area contributed by atoms with Gasteiger partial charge in [-0.3, -0.25) is 4.68 Å². The maximum atomic E-state index is 6.09. The molecular formula is C13H16Cl2N4O. The molecule has 0 aromatic carbocycles. The summed E-state index contributed by atoms with van der Waals surface area (Å²) in [4.78, 5) is 4.28. The predicted octanol–water partition coefficient (Wildman–Crippen LogP) is 4.39. The monoisotopic (exact) mass is 314 g/mol. The first-order chi connectivity index (χ1) is 9.51. The summed E-state index contributed by atoms with van der Waals surface area (Å²) >= 11 is 12.1. The lowest BCUT2D eigenvalue weighted by Gasteiger charge is -2.09. The highest BCUT2D eigenvalue weighted by atomic mass is 35.5. The lowest BCUT2D eigenvalue weighted by atomic mass is 10.4. The fourth-order valence-corrected chi connectivity index (χ4v) is 2.04. The van der Waals surface area contributed by atoms with E-state index in [1.165, 1.54) is 0 Å². The molecule has 2 aromatic heterocycles. The van der Waals surface area contributed by atoms with Crippen LogP contribution < -0.4 is 10.1 Å². The number of hydrogen-bond acceptors (Lipinski definition) is 4. The Hall–Kier alpha value is -1.46. The normalized spacial score (nSPS) is 10.9. The minimum atomic E-state index is 0.262. The van der Waals surface area contributed by atoms with Crippen molar-refractivity contribution in [3.8, 4) is 11.6 Å². The summed E-state index contributed by atoms with van der Waals surface area (Å²) in [6, 6.07) is 1.87. The third-order valence-corrected chi connectivity index (χ3v) is 3.12. The molecule has 5 nitrogen and oxygen atoms in total. The zero-order chi connectivity index (χ0) is 14.7. The van der Waals surface area contributed by atoms with E-state index in [0.29, 0.717) is 34.0 Å². The molecule has 1 N–H and O–H groups in total. The van der Waals surface area contributed by atoms with E-state index in [-0.39, 0.29) is 6.04 Å². The summed E-state index contributed by atoms with van der Waals surface area (Å²) in [6.45, 7) is 6.74. The molecule has 0 atom stereocenters. The fraction of sp³-hybridized carbons (Fsp3) is 0.385. The van der Waals surface area contributed by atoms with Crippen molar-refractivity contribution >= 4 is 29.0 Å². The van der Waals surface area contributed by atoms with Crippen LogP contribution in [0, 0.1) is 0 Å². The van der Waals surface area contributed by atoms with Crippen LogP contribution in [0.25, 0.3) is 0 Å². The van der Waals surface area contributed by atoms with Gasteiger partial charge in [0.1, 0.15) is 10.8 Å². The summed E-state index contributed by atoms with van der Waals surface area (Å²) in [6.07, 6.45) is 3.42. The van der Waals surface area contributed by atoms with Crippen LogP contribution in [0.5, 0.6) is 11.6 Å². The fourth-order valence-electron chi connectivity index (χ4n) is 1.58. The SMILES string of the molecule is CCNc1nc(Oc2cnn(C(C)C)c2)c(Cl)cc1Cl. The Bertz CT molecular complexity index is 598. The van der Waals surface area contributed by atoms with Gasteiger partial charge in [0.05, 0.1) is 17.4 Å². The topological polar surface area (TPSA) is 52.0 Å². The van der Waals surface area contributed by atoms with Crippen LogP contribution in [-0.4, -0.2) is 21.3 Å². The number of rotatable bonds is 5. The molecule has 20 heavy (non-hydrogen) atoms. The molecule has 0 fully saturated rings. The first-order valence-corrected chi connectivity index (χ1v) is 7.08. The van der Waals surface area contributed by atoms with Crippen molar-refractivity contribution in [1.82, 2.24) is 14.8 Å². The number of hydrogen-bond donors (Lipinski definition) is 1. The van der Waals surface area contributed by atoms with E-state index in [1.807, 2.05) is 20.8 Å². The van der Waals surface area contributed by atoms with Crippen LogP contribution in [0.15, 0.2) is 18.5 Å². The molecule has 7 heteroatoms. The molecular weight excluding hydrogens is 299 g/mol. The largest absolute Gasteiger partial charge is 0.434 e. The minimum Gasteiger partial charge on any atom is -0.434 e. The summed E-state index contributed by atoms with van der Waals surface area (Å²) in [7, 11) is 0. The highest BCUT2D eigenvalue weighted by Gasteiger charge is 2.12. The molecule has 0 spiro atoms. The Morgan fingerprint density at radius 2 is 2.10 bits per heavy atom. The standard InChI is InChI=1S/C13H16Cl2N4O/c1-4-16-12-10(14)5-11(15)13(18-12)20-9-6-17-19(7-9)8(2)3/h5-8H,4H2,1-3H3,(H,16,18). The van der Waals surface area contributed by atoms with Gasteiger partial charge in [0.15, 0.2) is 5.75 Å². The molecule has 108 valence electrons. The highest BCUT2D eigenvalue weighted by Crippen LogP contribution is 2.33. The van der Waals surface area contributed by atoms with E-state index in [0.717, 1.165) is 0 Å². The molecule has 2 heterocycles. The number of nitrogens with zero attached hydrogens (tertiary/aromatic N) is 3. The number of ether oxygens (including phenoxy) is 1. The number of nitrogens with one attached hydrogen (secondary N) is 1. The Balaban J connectivity index is 2.25. The van der Waals surface area contributed by atoms with E-state index in [2.05, 4.69) is 15.4 Å². The Morgan fingerprint density at radius 1 is 1.35 bits per heavy atom. The summed E-state index contributed by atoms with van der Waals surface area (Å²) in [5.74, 6) is 1.43. The Morgan fingerprint density at radius 3 is 2.70 bits per heavy atom. The summed E-state index contributed by atoms with van der Waals surface area (Å²) in [5, 5.41) is 8.06. The number of halogens is 2. The Kier molecular flexibility index (Phi) is 4.73. The van der Waals surface area contributed by atoms with Crippen LogP contribution in [-0.2, 0) is 0 Å². The molecule has 0 radical (unpaired) electrons. The predicted molar refractivity (Wildman–Crippen MR) is 81.1 cm³/mol. The van der Waals surface area contributed by atoms with Crippen molar-refractivity contribution in [2.45, 2.75) is 26.8 Å². The summed E-state index contributed by atoms with van der Waals surface area (Å²) in [5.41, 5.74) is 0. The van der Waals surface area contributed by atoms with Gasteiger partial charge < -0.3 is 10.1 Å². The number of anilines is 1. The van der Waals surface area contributed by atoms with Gasteiger partial charge in [-0.1, -0.05) is 23.2 Å². The molecule has 2 aromatic rings. The Labute approximate surface area is 127 Å². The lowest BCUT2D eigenvalue weighted by Crippen LogP contribution is -2.01. The quantitative estimate of drug-likeness (QED) is 0.889. The van der Waals surface area contributed by atoms with Gasteiger partial charge in [0.2, 0.25) is 5.88 Å². The van der Waals surface area contributed by atoms with Crippen molar-refractivity contribution in [2.75, 3.05) is 11.9 Å². The van der Waals surface area contributed by atoms with Gasteiger partial charge in [-0.05, 0) is 26.8 Å². The summed E-state index contributed by atoms with van der Waals surface area (Å²) < 4.78 is 7.45. The van der Waals surface area contributed by atoms with Crippen molar-refractivity contribution in [3.05, 3.63) is 28.5 Å². The van der Waals surface area contributed by atoms with Crippen molar-refractivity contribution in [3.63, 3.8) is 0 Å². The molecule has 2 rings (SSSR count). The van der Waals surface area contributed by atoms with E-state index in [4.69, 9.17) is 27.9 Å². The molecule has 0 bridgehead atoms. The average Bonchev–Trinajstić information content (AvgIpc) is 2.84. The molecule has 0 saturated heterocycles. The van der Waals surface area contributed by atoms with Crippen LogP contribution in [0.1, 0.15) is 26.8 Å². The van der Waals surface area contributed by atoms with Gasteiger partial charge in [-0.2, -0.15) is 10.1 Å². The smallest absolute Gasteiger partial charge is 0.240 e. The molecule has 0 saturated carbocycles. The van der Waals surface area contributed by atoms with E-state index < -0.39 is 0 Å². The maximum absolute atomic E-state index is 6.09. The van der Waals surface area contributed by atoms with Gasteiger partial charge >= 0.3 is 0 Å². The second-order valence-corrected chi connectivity index (χ2v) is 5.30. The first kappa shape index (κ1) is 14.9. The van der Waals surface area contributed by atoms with Crippen LogP contribution in [0.4, 0.5) is 5.82 Å². The van der Waals surface area contributed by atoms with Gasteiger partial charge in [0.25, 0.3) is 0 Å². The zero-order valence-electron chi connectivity index (χ0n) is 11.5. The van der Waals surface area contributed by atoms with E-state index in [9.17, 15) is 0 Å². The van der Waals surface area contributed by atoms with E-state index in [1.54, 1.807) is 23.1 Å². The van der Waals surface area contributed by atoms with Crippen molar-refractivity contribution < 1.29 is 4.74 Å². The van der Waals surface area contributed by atoms with Gasteiger partial charge in [-0.15, -0.1) is 0 Å². The molecule has 0 unspecified atom stereocenters. The second-order valence-electron chi connectivity index (χ2n) is 4.49. The second kappa shape index (κ2) is 6.33. The number of aromatic nitrogens is 3. The van der Waals surface area contributed by atoms with Crippen LogP contribution in [0.2, 0.25) is 10.0 Å². The lowest BCUT2D eigenvalue weighted by molar-refractivity contribution is 0.460. The van der Waals surface area contributed by atoms with Gasteiger partial charge in [0, 0.05) is 12.6 Å². The average molecular weight is 315 g/mol. The van der Waals surface area contributed by atoms with Crippen molar-refractivity contribution in [1.29, 1.82) is 0 Å². The zero-order valence-corrected chi connectivity index (χ0v) is 13.0.